The first kappa shape index (κ1) is 28.7. The Morgan fingerprint density at radius 1 is 1.10 bits per heavy atom. The molecule has 3 atom stereocenters. The topological polar surface area (TPSA) is 145 Å². The highest BCUT2D eigenvalue weighted by atomic mass is 16.6. The van der Waals surface area contributed by atoms with E-state index < -0.39 is 58.5 Å². The van der Waals surface area contributed by atoms with E-state index in [1.54, 1.807) is 20.8 Å². The third-order valence-corrected chi connectivity index (χ3v) is 8.27. The normalized spacial score (nSPS) is 25.7. The number of ketones is 1. The highest BCUT2D eigenvalue weighted by molar-refractivity contribution is 5.94. The first-order chi connectivity index (χ1) is 19.3. The molecule has 1 unspecified atom stereocenters. The van der Waals surface area contributed by atoms with E-state index in [9.17, 15) is 29.5 Å². The minimum Gasteiger partial charge on any atom is -0.632 e. The van der Waals surface area contributed by atoms with Crippen LogP contribution in [0.2, 0.25) is 0 Å². The van der Waals surface area contributed by atoms with E-state index in [2.05, 4.69) is 5.43 Å². The van der Waals surface area contributed by atoms with Gasteiger partial charge in [0, 0.05) is 5.92 Å². The van der Waals surface area contributed by atoms with Gasteiger partial charge in [-0.3, -0.25) is 19.8 Å². The van der Waals surface area contributed by atoms with E-state index in [4.69, 9.17) is 9.47 Å². The lowest BCUT2D eigenvalue weighted by Crippen LogP contribution is -2.74. The van der Waals surface area contributed by atoms with Gasteiger partial charge in [0.1, 0.15) is 24.7 Å². The second-order valence-electron chi connectivity index (χ2n) is 12.1. The van der Waals surface area contributed by atoms with Crippen molar-refractivity contribution < 1.29 is 38.4 Å². The number of esters is 1. The van der Waals surface area contributed by atoms with Gasteiger partial charge in [-0.2, -0.15) is 0 Å². The first-order valence-electron chi connectivity index (χ1n) is 13.8. The number of benzene rings is 2. The number of hydrogen-bond donors (Lipinski definition) is 2. The van der Waals surface area contributed by atoms with Gasteiger partial charge in [-0.25, -0.2) is 9.80 Å². The molecule has 0 aromatic heterocycles. The molecule has 2 aromatic carbocycles. The Morgan fingerprint density at radius 2 is 1.71 bits per heavy atom. The van der Waals surface area contributed by atoms with Gasteiger partial charge < -0.3 is 24.4 Å². The fraction of sp³-hybridized carbons (Fsp3) is 0.467. The number of hydroxylamine groups is 3. The van der Waals surface area contributed by atoms with E-state index >= 15 is 0 Å². The van der Waals surface area contributed by atoms with Crippen molar-refractivity contribution in [1.29, 1.82) is 0 Å². The van der Waals surface area contributed by atoms with Gasteiger partial charge in [-0.1, -0.05) is 48.5 Å². The Morgan fingerprint density at radius 3 is 2.29 bits per heavy atom. The minimum atomic E-state index is -1.81. The molecule has 1 amide bonds. The molecule has 2 aromatic rings. The maximum atomic E-state index is 14.2. The molecule has 0 radical (unpaired) electrons. The molecule has 0 spiro atoms. The number of fused-ring (bicyclic) bond motifs is 4. The second-order valence-corrected chi connectivity index (χ2v) is 12.1. The summed E-state index contributed by atoms with van der Waals surface area (Å²) in [6, 6.07) is 14.9. The molecule has 2 aliphatic heterocycles. The van der Waals surface area contributed by atoms with Crippen LogP contribution in [-0.4, -0.2) is 82.0 Å². The van der Waals surface area contributed by atoms with Crippen molar-refractivity contribution in [3.8, 4) is 11.1 Å². The van der Waals surface area contributed by atoms with Gasteiger partial charge in [-0.05, 0) is 43.0 Å². The number of carbonyl (C=O) groups is 4. The molecule has 2 N–H and O–H groups in total. The van der Waals surface area contributed by atoms with Crippen LogP contribution in [-0.2, 0) is 23.9 Å². The molecule has 0 bridgehead atoms. The number of amides is 1. The molecule has 11 heteroatoms. The standard InChI is InChI=1S/C30H35N3O8/c1-29(2,3)41-27(37)16-30-18-32(12-13-33(30,39)19(14-25(30)34)15-26(35)36)31-28(38)40-17-24-22-10-6-4-8-20(22)21-9-5-7-11-23(21)24/h4-11,19,24H,12-18H2,1-3H3,(H,31,38)(H,35,36)/t19-,30+,33?/m0/s1. The number of nitrogens with one attached hydrogen (secondary N) is 1. The smallest absolute Gasteiger partial charge is 0.421 e. The van der Waals surface area contributed by atoms with Gasteiger partial charge >= 0.3 is 18.0 Å². The van der Waals surface area contributed by atoms with Gasteiger partial charge in [0.05, 0.1) is 32.5 Å². The van der Waals surface area contributed by atoms with Gasteiger partial charge in [-0.15, -0.1) is 0 Å². The zero-order valence-electron chi connectivity index (χ0n) is 23.4. The lowest BCUT2D eigenvalue weighted by Gasteiger charge is -2.58. The van der Waals surface area contributed by atoms with Crippen LogP contribution in [0.5, 0.6) is 0 Å². The fourth-order valence-corrected chi connectivity index (χ4v) is 6.56. The average molecular weight is 566 g/mol. The van der Waals surface area contributed by atoms with Crippen molar-refractivity contribution in [2.45, 2.75) is 63.1 Å². The summed E-state index contributed by atoms with van der Waals surface area (Å²) in [6.07, 6.45) is -2.04. The lowest BCUT2D eigenvalue weighted by atomic mass is 9.88. The van der Waals surface area contributed by atoms with Crippen LogP contribution in [0.1, 0.15) is 57.1 Å². The molecule has 3 aliphatic rings. The van der Waals surface area contributed by atoms with Crippen molar-refractivity contribution >= 4 is 23.8 Å². The van der Waals surface area contributed by atoms with Crippen LogP contribution in [0.25, 0.3) is 11.1 Å². The van der Waals surface area contributed by atoms with Crippen molar-refractivity contribution in [1.82, 2.24) is 10.4 Å². The predicted octanol–water partition coefficient (Wildman–Crippen LogP) is 3.36. The minimum absolute atomic E-state index is 0.0488. The summed E-state index contributed by atoms with van der Waals surface area (Å²) in [5, 5.41) is 25.0. The summed E-state index contributed by atoms with van der Waals surface area (Å²) in [7, 11) is 0. The molecule has 2 saturated heterocycles. The highest BCUT2D eigenvalue weighted by Gasteiger charge is 2.65. The largest absolute Gasteiger partial charge is 0.632 e. The molecule has 1 aliphatic carbocycles. The van der Waals surface area contributed by atoms with E-state index in [0.717, 1.165) is 22.3 Å². The Hall–Kier alpha value is -3.80. The third kappa shape index (κ3) is 5.32. The van der Waals surface area contributed by atoms with Gasteiger partial charge in [0.25, 0.3) is 0 Å². The number of carboxylic acid groups (broad SMARTS) is 1. The Bertz CT molecular complexity index is 1340. The number of carboxylic acids is 1. The van der Waals surface area contributed by atoms with E-state index in [1.165, 1.54) is 5.01 Å². The van der Waals surface area contributed by atoms with E-state index in [1.807, 2.05) is 48.5 Å². The van der Waals surface area contributed by atoms with Crippen LogP contribution < -0.4 is 5.43 Å². The maximum Gasteiger partial charge on any atom is 0.421 e. The Kier molecular flexibility index (Phi) is 7.39. The molecule has 0 saturated carbocycles. The summed E-state index contributed by atoms with van der Waals surface area (Å²) in [5.41, 5.74) is 4.30. The van der Waals surface area contributed by atoms with Crippen LogP contribution in [0.4, 0.5) is 4.79 Å². The molecular weight excluding hydrogens is 530 g/mol. The number of quaternary nitrogens is 1. The molecule has 41 heavy (non-hydrogen) atoms. The van der Waals surface area contributed by atoms with Crippen LogP contribution in [0.3, 0.4) is 0 Å². The van der Waals surface area contributed by atoms with Gasteiger partial charge in [0.15, 0.2) is 5.54 Å². The monoisotopic (exact) mass is 565 g/mol. The number of aliphatic carboxylic acids is 1. The van der Waals surface area contributed by atoms with Crippen LogP contribution >= 0.6 is 0 Å². The summed E-state index contributed by atoms with van der Waals surface area (Å²) < 4.78 is 9.93. The molecule has 2 heterocycles. The summed E-state index contributed by atoms with van der Waals surface area (Å²) in [5.74, 6) is -2.58. The Balaban J connectivity index is 1.31. The lowest BCUT2D eigenvalue weighted by molar-refractivity contribution is -0.939. The zero-order valence-corrected chi connectivity index (χ0v) is 23.4. The second kappa shape index (κ2) is 10.6. The molecular formula is C30H35N3O8. The summed E-state index contributed by atoms with van der Waals surface area (Å²) in [4.78, 5) is 50.8. The van der Waals surface area contributed by atoms with Crippen molar-refractivity contribution in [2.24, 2.45) is 0 Å². The van der Waals surface area contributed by atoms with Crippen molar-refractivity contribution in [3.63, 3.8) is 0 Å². The molecule has 2 fully saturated rings. The molecule has 218 valence electrons. The number of ether oxygens (including phenoxy) is 2. The quantitative estimate of drug-likeness (QED) is 0.293. The number of carbonyl (C=O) groups excluding carboxylic acids is 3. The van der Waals surface area contributed by atoms with E-state index in [0.29, 0.717) is 0 Å². The zero-order chi connectivity index (χ0) is 29.6. The number of hydrazine groups is 1. The average Bonchev–Trinajstić information content (AvgIpc) is 3.31. The van der Waals surface area contributed by atoms with Crippen LogP contribution in [0, 0.1) is 5.21 Å². The summed E-state index contributed by atoms with van der Waals surface area (Å²) in [6.45, 7) is 4.71. The van der Waals surface area contributed by atoms with Crippen molar-refractivity contribution in [3.05, 3.63) is 64.9 Å². The Labute approximate surface area is 238 Å². The van der Waals surface area contributed by atoms with Crippen LogP contribution in [0.15, 0.2) is 48.5 Å². The first-order valence-corrected chi connectivity index (χ1v) is 13.8. The fourth-order valence-electron chi connectivity index (χ4n) is 6.56. The maximum absolute atomic E-state index is 14.2. The third-order valence-electron chi connectivity index (χ3n) is 8.27. The highest BCUT2D eigenvalue weighted by Crippen LogP contribution is 2.46. The van der Waals surface area contributed by atoms with E-state index in [-0.39, 0.29) is 38.6 Å². The number of piperazine rings is 1. The SMILES string of the molecule is CC(C)(C)OC(=O)C[C@]12CN(NC(=O)OCC3c4ccccc4-c4ccccc43)CC[N+]1([O-])[C@H](CC(=O)O)CC2=O. The number of rotatable bonds is 7. The molecule has 5 rings (SSSR count). The summed E-state index contributed by atoms with van der Waals surface area (Å²) >= 11 is 0. The number of Topliss-reactive ketones (excluding diaryl/α,β-unsaturated/α-hetero) is 1. The predicted molar refractivity (Wildman–Crippen MR) is 147 cm³/mol. The van der Waals surface area contributed by atoms with Crippen molar-refractivity contribution in [2.75, 3.05) is 26.2 Å². The number of nitrogens with zero attached hydrogens (tertiary/aromatic N) is 2. The van der Waals surface area contributed by atoms with Gasteiger partial charge in [0.2, 0.25) is 5.78 Å². The number of hydrogen-bond acceptors (Lipinski definition) is 8. The molecule has 11 nitrogen and oxygen atoms in total.